The highest BCUT2D eigenvalue weighted by Crippen LogP contribution is 2.24. The SMILES string of the molecule is Brc1ccc(Br)nc1.COC(=O)c1ccc(CNc2nccc(Cl)n2)cc1.CSc1ccc(-c2ccnc(NCc3ccc(C(=O)Nc4ccccc4N)cc3)n2)cn1.CSc1ccc(-c2ccnc(NCc3ccc(C(=O)O)cc3)n2)cn1.CSc1ccc(B(O)O)cn1.CSc1ccc(Br)cn1. The molecule has 23 nitrogen and oxygen atoms in total. The average molecular weight is 1680 g/mol. The molecule has 0 spiro atoms. The molecule has 0 radical (unpaired) electrons. The summed E-state index contributed by atoms with van der Waals surface area (Å²) < 4.78 is 7.52. The van der Waals surface area contributed by atoms with Crippen LogP contribution in [0.5, 0.6) is 0 Å². The summed E-state index contributed by atoms with van der Waals surface area (Å²) in [6.45, 7) is 1.58. The number of hydrogen-bond acceptors (Lipinski definition) is 25. The number of nitrogens with zero attached hydrogens (tertiary/aromatic N) is 11. The fourth-order valence-corrected chi connectivity index (χ4v) is 10.5. The van der Waals surface area contributed by atoms with Gasteiger partial charge >= 0.3 is 19.1 Å². The number of para-hydroxylation sites is 2. The van der Waals surface area contributed by atoms with Gasteiger partial charge in [0.1, 0.15) is 9.76 Å². The Morgan fingerprint density at radius 1 is 0.481 bits per heavy atom. The first-order valence-electron chi connectivity index (χ1n) is 30.7. The number of carbonyl (C=O) groups is 3. The molecule has 8 heterocycles. The Bertz CT molecular complexity index is 4610. The van der Waals surface area contributed by atoms with E-state index in [1.165, 1.54) is 25.1 Å². The van der Waals surface area contributed by atoms with E-state index in [-0.39, 0.29) is 17.4 Å². The number of nitrogens with two attached hydrogens (primary N) is 1. The second-order valence-corrected chi connectivity index (χ2v) is 27.1. The lowest BCUT2D eigenvalue weighted by molar-refractivity contribution is 0.0599. The maximum Gasteiger partial charge on any atom is 0.490 e. The number of aromatic carboxylic acids is 1. The van der Waals surface area contributed by atoms with Gasteiger partial charge in [-0.25, -0.2) is 59.4 Å². The topological polar surface area (TPSA) is 337 Å². The lowest BCUT2D eigenvalue weighted by atomic mass is 9.82. The highest BCUT2D eigenvalue weighted by molar-refractivity contribution is 9.11. The number of rotatable bonds is 20. The van der Waals surface area contributed by atoms with E-state index in [0.29, 0.717) is 70.6 Å². The van der Waals surface area contributed by atoms with Crippen LogP contribution in [-0.2, 0) is 24.4 Å². The van der Waals surface area contributed by atoms with Crippen LogP contribution in [0.3, 0.4) is 0 Å². The molecule has 0 saturated heterocycles. The molecule has 32 heteroatoms. The molecule has 12 rings (SSSR count). The van der Waals surface area contributed by atoms with Gasteiger partial charge in [-0.1, -0.05) is 66.2 Å². The zero-order valence-electron chi connectivity index (χ0n) is 56.2. The first kappa shape index (κ1) is 81.9. The molecule has 0 aliphatic rings. The number of anilines is 5. The van der Waals surface area contributed by atoms with Crippen LogP contribution in [0.2, 0.25) is 5.15 Å². The Kier molecular flexibility index (Phi) is 34.9. The van der Waals surface area contributed by atoms with Crippen molar-refractivity contribution in [3.05, 3.63) is 278 Å². The zero-order valence-corrected chi connectivity index (χ0v) is 65.0. The summed E-state index contributed by atoms with van der Waals surface area (Å²) in [5.41, 5.74) is 15.2. The molecule has 0 atom stereocenters. The van der Waals surface area contributed by atoms with Gasteiger partial charge in [-0.15, -0.1) is 47.0 Å². The van der Waals surface area contributed by atoms with E-state index in [1.54, 1.807) is 151 Å². The number of carboxylic acid groups (broad SMARTS) is 1. The average Bonchev–Trinajstić information content (AvgIpc) is 0.847. The number of aromatic nitrogens is 11. The van der Waals surface area contributed by atoms with Crippen LogP contribution >= 0.6 is 106 Å². The van der Waals surface area contributed by atoms with Crippen LogP contribution in [0, 0.1) is 0 Å². The highest BCUT2D eigenvalue weighted by atomic mass is 79.9. The maximum absolute atomic E-state index is 12.5. The van der Waals surface area contributed by atoms with E-state index in [4.69, 9.17) is 32.5 Å². The summed E-state index contributed by atoms with van der Waals surface area (Å²) in [5.74, 6) is 0.00462. The first-order valence-corrected chi connectivity index (χ1v) is 38.4. The number of nitrogen functional groups attached to an aromatic ring is 1. The fourth-order valence-electron chi connectivity index (χ4n) is 8.21. The number of esters is 1. The van der Waals surface area contributed by atoms with Crippen molar-refractivity contribution in [2.75, 3.05) is 59.1 Å². The minimum atomic E-state index is -1.42. The predicted octanol–water partition coefficient (Wildman–Crippen LogP) is 15.5. The number of ether oxygens (including phenoxy) is 1. The molecule has 8 aromatic heterocycles. The third kappa shape index (κ3) is 28.7. The highest BCUT2D eigenvalue weighted by Gasteiger charge is 2.13. The molecule has 0 aliphatic carbocycles. The Morgan fingerprint density at radius 2 is 0.904 bits per heavy atom. The Hall–Kier alpha value is -9.41. The predicted molar refractivity (Wildman–Crippen MR) is 429 cm³/mol. The van der Waals surface area contributed by atoms with Gasteiger partial charge in [0.2, 0.25) is 17.8 Å². The standard InChI is InChI=1S/C24H22N6OS.C18H16N4O2S.C13H12ClN3O2.C6H8BNO2S.C6H6BrNS.C5H3Br2N/c1-32-22-11-10-18(15-27-22)20-12-13-26-24(30-20)28-14-16-6-8-17(9-7-16)23(31)29-21-5-3-2-4-19(21)25;1-25-16-7-6-14(11-20-16)15-8-9-19-18(22-15)21-10-12-2-4-13(5-3-12)17(23)24;1-19-12(18)10-4-2-9(3-5-10)8-16-13-15-7-6-11(14)17-13;1-11-6-3-2-5(4-8-6)7(9)10;1-9-6-3-2-5(7)4-8-6;6-4-1-2-5(7)8-3-4/h2-13,15H,14,25H2,1H3,(H,29,31)(H,26,28,30);2-9,11H,10H2,1H3,(H,23,24)(H,19,21,22);2-7H,8H2,1H3,(H,15,16,17);2-4,9-10H,1H3;2-4H,1H3;1-3H. The first-order chi connectivity index (χ1) is 50.3. The number of benzene rings is 4. The Morgan fingerprint density at radius 3 is 1.29 bits per heavy atom. The van der Waals surface area contributed by atoms with Gasteiger partial charge in [-0.3, -0.25) is 9.78 Å². The maximum atomic E-state index is 12.5. The minimum absolute atomic E-state index is 0.209. The molecule has 0 saturated carbocycles. The van der Waals surface area contributed by atoms with Crippen LogP contribution in [0.4, 0.5) is 29.2 Å². The third-order valence-electron chi connectivity index (χ3n) is 13.6. The molecule has 104 heavy (non-hydrogen) atoms. The molecular weight excluding hydrogens is 1620 g/mol. The van der Waals surface area contributed by atoms with E-state index in [9.17, 15) is 14.4 Å². The van der Waals surface area contributed by atoms with Crippen LogP contribution in [0.15, 0.2) is 259 Å². The lowest BCUT2D eigenvalue weighted by Crippen LogP contribution is -2.29. The van der Waals surface area contributed by atoms with Crippen molar-refractivity contribution in [1.29, 1.82) is 0 Å². The normalized spacial score (nSPS) is 10.1. The van der Waals surface area contributed by atoms with E-state index in [0.717, 1.165) is 72.9 Å². The number of halogens is 4. The third-order valence-corrected chi connectivity index (χ3v) is 17.9. The number of pyridine rings is 5. The summed E-state index contributed by atoms with van der Waals surface area (Å²) in [7, 11) is -0.0627. The quantitative estimate of drug-likeness (QED) is 0.00877. The van der Waals surface area contributed by atoms with E-state index in [2.05, 4.69) is 129 Å². The van der Waals surface area contributed by atoms with Gasteiger partial charge in [0.05, 0.1) is 61.1 Å². The summed E-state index contributed by atoms with van der Waals surface area (Å²) in [4.78, 5) is 81.0. The minimum Gasteiger partial charge on any atom is -0.478 e. The van der Waals surface area contributed by atoms with E-state index in [1.807, 2.05) is 128 Å². The van der Waals surface area contributed by atoms with Crippen molar-refractivity contribution < 1.29 is 34.3 Å². The smallest absolute Gasteiger partial charge is 0.478 e. The van der Waals surface area contributed by atoms with Crippen molar-refractivity contribution in [2.24, 2.45) is 0 Å². The number of carboxylic acids is 1. The van der Waals surface area contributed by atoms with Gasteiger partial charge in [-0.05, 0) is 211 Å². The number of nitrogens with one attached hydrogen (secondary N) is 4. The van der Waals surface area contributed by atoms with Crippen LogP contribution in [-0.4, -0.2) is 127 Å². The second-order valence-electron chi connectivity index (χ2n) is 20.7. The molecule has 4 aromatic carbocycles. The van der Waals surface area contributed by atoms with Gasteiger partial charge in [-0.2, -0.15) is 0 Å². The van der Waals surface area contributed by atoms with E-state index < -0.39 is 13.1 Å². The summed E-state index contributed by atoms with van der Waals surface area (Å²) >= 11 is 21.9. The van der Waals surface area contributed by atoms with Crippen molar-refractivity contribution in [3.63, 3.8) is 0 Å². The lowest BCUT2D eigenvalue weighted by Gasteiger charge is -2.09. The molecular formula is C72H67BBr3ClN16O7S4. The molecule has 1 amide bonds. The summed E-state index contributed by atoms with van der Waals surface area (Å²) in [5, 5.41) is 42.8. The molecule has 0 fully saturated rings. The zero-order chi connectivity index (χ0) is 74.6. The van der Waals surface area contributed by atoms with Gasteiger partial charge in [0.25, 0.3) is 5.91 Å². The monoisotopic (exact) mass is 1680 g/mol. The van der Waals surface area contributed by atoms with Crippen molar-refractivity contribution >= 4 is 166 Å². The number of methoxy groups -OCH3 is 1. The van der Waals surface area contributed by atoms with Crippen molar-refractivity contribution in [2.45, 2.75) is 39.7 Å². The van der Waals surface area contributed by atoms with Gasteiger partial charge in [0, 0.05) is 100 Å². The molecule has 12 aromatic rings. The number of thioether (sulfide) groups is 4. The Labute approximate surface area is 648 Å². The van der Waals surface area contributed by atoms with Crippen molar-refractivity contribution in [1.82, 2.24) is 54.8 Å². The van der Waals surface area contributed by atoms with Crippen LogP contribution < -0.4 is 32.5 Å². The van der Waals surface area contributed by atoms with Crippen molar-refractivity contribution in [3.8, 4) is 22.5 Å². The molecule has 9 N–H and O–H groups in total. The van der Waals surface area contributed by atoms with E-state index >= 15 is 0 Å². The Balaban J connectivity index is 0.000000187. The second kappa shape index (κ2) is 44.3. The molecule has 0 aliphatic heterocycles. The number of hydrogen-bond donors (Lipinski definition) is 8. The summed E-state index contributed by atoms with van der Waals surface area (Å²) in [6.07, 6.45) is 21.5. The fraction of sp³-hybridized carbons (Fsp3) is 0.111. The van der Waals surface area contributed by atoms with Gasteiger partial charge in [0.15, 0.2) is 0 Å². The van der Waals surface area contributed by atoms with Crippen LogP contribution in [0.25, 0.3) is 22.5 Å². The number of carbonyl (C=O) groups excluding carboxylic acids is 2. The summed E-state index contributed by atoms with van der Waals surface area (Å²) in [6, 6.07) is 52.7. The number of amides is 1. The molecule has 532 valence electrons. The molecule has 0 bridgehead atoms. The van der Waals surface area contributed by atoms with Gasteiger partial charge < -0.3 is 46.9 Å². The largest absolute Gasteiger partial charge is 0.490 e. The van der Waals surface area contributed by atoms with Crippen LogP contribution in [0.1, 0.15) is 47.8 Å². The molecule has 0 unspecified atom stereocenters.